The lowest BCUT2D eigenvalue weighted by atomic mass is 10.2. The van der Waals surface area contributed by atoms with Crippen LogP contribution >= 0.6 is 0 Å². The molecule has 1 rings (SSSR count). The van der Waals surface area contributed by atoms with Crippen molar-refractivity contribution in [2.75, 3.05) is 18.4 Å². The lowest BCUT2D eigenvalue weighted by Gasteiger charge is -2.09. The Kier molecular flexibility index (Phi) is 5.51. The highest BCUT2D eigenvalue weighted by Gasteiger charge is 2.27. The van der Waals surface area contributed by atoms with Gasteiger partial charge in [-0.1, -0.05) is 0 Å². The molecule has 1 aromatic carbocycles. The van der Waals surface area contributed by atoms with Crippen LogP contribution in [-0.2, 0) is 4.79 Å². The van der Waals surface area contributed by atoms with Gasteiger partial charge in [0, 0.05) is 24.2 Å². The van der Waals surface area contributed by atoms with Gasteiger partial charge < -0.3 is 16.4 Å². The average Bonchev–Trinajstić information content (AvgIpc) is 2.36. The molecule has 0 saturated carbocycles. The third-order valence-electron chi connectivity index (χ3n) is 2.25. The molecule has 0 unspecified atom stereocenters. The van der Waals surface area contributed by atoms with Crippen LogP contribution in [0, 0.1) is 0 Å². The van der Waals surface area contributed by atoms with Crippen LogP contribution in [0.1, 0.15) is 16.8 Å². The zero-order valence-electron chi connectivity index (χ0n) is 10.5. The molecule has 0 spiro atoms. The van der Waals surface area contributed by atoms with Gasteiger partial charge in [0.05, 0.1) is 0 Å². The summed E-state index contributed by atoms with van der Waals surface area (Å²) in [6, 6.07) is 5.50. The molecule has 1 aromatic rings. The fourth-order valence-electron chi connectivity index (χ4n) is 1.34. The van der Waals surface area contributed by atoms with E-state index in [9.17, 15) is 22.8 Å². The van der Waals surface area contributed by atoms with Gasteiger partial charge >= 0.3 is 6.18 Å². The molecule has 0 fully saturated rings. The Labute approximate surface area is 113 Å². The Balaban J connectivity index is 2.57. The van der Waals surface area contributed by atoms with E-state index in [4.69, 9.17) is 5.73 Å². The number of carbonyl (C=O) groups is 2. The van der Waals surface area contributed by atoms with Crippen molar-refractivity contribution < 1.29 is 22.8 Å². The highest BCUT2D eigenvalue weighted by molar-refractivity contribution is 5.95. The van der Waals surface area contributed by atoms with Crippen molar-refractivity contribution in [2.24, 2.45) is 5.73 Å². The molecule has 0 aliphatic rings. The maximum absolute atomic E-state index is 11.9. The summed E-state index contributed by atoms with van der Waals surface area (Å²) in [5.74, 6) is -1.11. The molecular weight excluding hydrogens is 275 g/mol. The first-order valence-corrected chi connectivity index (χ1v) is 5.77. The lowest BCUT2D eigenvalue weighted by molar-refractivity contribution is -0.123. The third kappa shape index (κ3) is 5.70. The number of hydrogen-bond donors (Lipinski definition) is 3. The molecule has 4 N–H and O–H groups in total. The van der Waals surface area contributed by atoms with Crippen LogP contribution in [-0.4, -0.2) is 31.1 Å². The van der Waals surface area contributed by atoms with E-state index in [1.807, 2.05) is 0 Å². The molecule has 0 atom stereocenters. The number of hydrogen-bond acceptors (Lipinski definition) is 3. The molecular formula is C12H14F3N3O2. The minimum atomic E-state index is -4.45. The number of alkyl halides is 3. The fourth-order valence-corrected chi connectivity index (χ4v) is 1.34. The van der Waals surface area contributed by atoms with Gasteiger partial charge in [-0.15, -0.1) is 0 Å². The SMILES string of the molecule is NCCC(=O)Nc1ccc(C(=O)NCC(F)(F)F)cc1. The second-order valence-electron chi connectivity index (χ2n) is 3.96. The molecule has 0 bridgehead atoms. The average molecular weight is 289 g/mol. The number of anilines is 1. The fraction of sp³-hybridized carbons (Fsp3) is 0.333. The predicted molar refractivity (Wildman–Crippen MR) is 67.1 cm³/mol. The summed E-state index contributed by atoms with van der Waals surface area (Å²) in [4.78, 5) is 22.7. The summed E-state index contributed by atoms with van der Waals surface area (Å²) in [6.45, 7) is -1.18. The van der Waals surface area contributed by atoms with Crippen LogP contribution in [0.15, 0.2) is 24.3 Å². The highest BCUT2D eigenvalue weighted by atomic mass is 19.4. The number of carbonyl (C=O) groups excluding carboxylic acids is 2. The molecule has 0 heterocycles. The first kappa shape index (κ1) is 16.0. The molecule has 110 valence electrons. The number of benzene rings is 1. The van der Waals surface area contributed by atoms with Crippen molar-refractivity contribution in [1.29, 1.82) is 0 Å². The van der Waals surface area contributed by atoms with E-state index in [0.717, 1.165) is 0 Å². The van der Waals surface area contributed by atoms with Gasteiger partial charge in [0.25, 0.3) is 5.91 Å². The van der Waals surface area contributed by atoms with Crippen molar-refractivity contribution in [1.82, 2.24) is 5.32 Å². The molecule has 5 nitrogen and oxygen atoms in total. The first-order valence-electron chi connectivity index (χ1n) is 5.77. The molecule has 0 aliphatic heterocycles. The topological polar surface area (TPSA) is 84.2 Å². The second-order valence-corrected chi connectivity index (χ2v) is 3.96. The minimum absolute atomic E-state index is 0.0751. The van der Waals surface area contributed by atoms with Crippen molar-refractivity contribution in [3.05, 3.63) is 29.8 Å². The highest BCUT2D eigenvalue weighted by Crippen LogP contribution is 2.13. The zero-order chi connectivity index (χ0) is 15.2. The van der Waals surface area contributed by atoms with Crippen molar-refractivity contribution in [3.8, 4) is 0 Å². The van der Waals surface area contributed by atoms with Gasteiger partial charge in [0.15, 0.2) is 0 Å². The number of nitrogens with one attached hydrogen (secondary N) is 2. The molecule has 0 aliphatic carbocycles. The van der Waals surface area contributed by atoms with E-state index in [0.29, 0.717) is 5.69 Å². The largest absolute Gasteiger partial charge is 0.405 e. The number of nitrogens with two attached hydrogens (primary N) is 1. The van der Waals surface area contributed by atoms with E-state index < -0.39 is 18.6 Å². The van der Waals surface area contributed by atoms with Gasteiger partial charge in [-0.05, 0) is 24.3 Å². The molecule has 0 saturated heterocycles. The summed E-state index contributed by atoms with van der Waals surface area (Å²) < 4.78 is 35.8. The Bertz CT molecular complexity index is 472. The number of amides is 2. The van der Waals surface area contributed by atoms with Gasteiger partial charge in [-0.3, -0.25) is 9.59 Å². The number of halogens is 3. The van der Waals surface area contributed by atoms with E-state index in [1.54, 1.807) is 5.32 Å². The summed E-state index contributed by atoms with van der Waals surface area (Å²) in [7, 11) is 0. The van der Waals surface area contributed by atoms with Crippen LogP contribution < -0.4 is 16.4 Å². The van der Waals surface area contributed by atoms with E-state index in [1.165, 1.54) is 24.3 Å². The third-order valence-corrected chi connectivity index (χ3v) is 2.25. The van der Waals surface area contributed by atoms with Gasteiger partial charge in [-0.2, -0.15) is 13.2 Å². The van der Waals surface area contributed by atoms with Crippen LogP contribution in [0.5, 0.6) is 0 Å². The lowest BCUT2D eigenvalue weighted by Crippen LogP contribution is -2.33. The molecule has 0 radical (unpaired) electrons. The van der Waals surface area contributed by atoms with Crippen molar-refractivity contribution in [2.45, 2.75) is 12.6 Å². The second kappa shape index (κ2) is 6.90. The first-order chi connectivity index (χ1) is 9.31. The Morgan fingerprint density at radius 2 is 1.75 bits per heavy atom. The monoisotopic (exact) mass is 289 g/mol. The molecule has 20 heavy (non-hydrogen) atoms. The summed E-state index contributed by atoms with van der Waals surface area (Å²) in [5.41, 5.74) is 5.73. The Morgan fingerprint density at radius 1 is 1.15 bits per heavy atom. The maximum atomic E-state index is 11.9. The van der Waals surface area contributed by atoms with Crippen LogP contribution in [0.4, 0.5) is 18.9 Å². The van der Waals surface area contributed by atoms with Gasteiger partial charge in [0.1, 0.15) is 6.54 Å². The molecule has 2 amide bonds. The summed E-state index contributed by atoms with van der Waals surface area (Å²) in [6.07, 6.45) is -4.29. The zero-order valence-corrected chi connectivity index (χ0v) is 10.5. The Morgan fingerprint density at radius 3 is 2.25 bits per heavy atom. The quantitative estimate of drug-likeness (QED) is 0.763. The minimum Gasteiger partial charge on any atom is -0.343 e. The normalized spacial score (nSPS) is 11.0. The Hall–Kier alpha value is -2.09. The summed E-state index contributed by atoms with van der Waals surface area (Å²) in [5, 5.41) is 4.29. The van der Waals surface area contributed by atoms with E-state index in [2.05, 4.69) is 5.32 Å². The molecule has 0 aromatic heterocycles. The van der Waals surface area contributed by atoms with E-state index in [-0.39, 0.29) is 24.4 Å². The standard InChI is InChI=1S/C12H14F3N3O2/c13-12(14,15)7-17-11(20)8-1-3-9(4-2-8)18-10(19)5-6-16/h1-4H,5-7,16H2,(H,17,20)(H,18,19). The van der Waals surface area contributed by atoms with Crippen LogP contribution in [0.25, 0.3) is 0 Å². The van der Waals surface area contributed by atoms with Gasteiger partial charge in [0.2, 0.25) is 5.91 Å². The van der Waals surface area contributed by atoms with Crippen molar-refractivity contribution >= 4 is 17.5 Å². The van der Waals surface area contributed by atoms with Gasteiger partial charge in [-0.25, -0.2) is 0 Å². The van der Waals surface area contributed by atoms with Crippen LogP contribution in [0.2, 0.25) is 0 Å². The smallest absolute Gasteiger partial charge is 0.343 e. The summed E-state index contributed by atoms with van der Waals surface area (Å²) >= 11 is 0. The van der Waals surface area contributed by atoms with Crippen LogP contribution in [0.3, 0.4) is 0 Å². The van der Waals surface area contributed by atoms with E-state index >= 15 is 0 Å². The maximum Gasteiger partial charge on any atom is 0.405 e. The van der Waals surface area contributed by atoms with Crippen molar-refractivity contribution in [3.63, 3.8) is 0 Å². The molecule has 8 heteroatoms. The predicted octanol–water partition coefficient (Wildman–Crippen LogP) is 1.27. The number of rotatable bonds is 5.